The van der Waals surface area contributed by atoms with Crippen LogP contribution in [0.25, 0.3) is 17.0 Å². The summed E-state index contributed by atoms with van der Waals surface area (Å²) in [6.07, 6.45) is 0. The molecule has 1 aromatic heterocycles. The van der Waals surface area contributed by atoms with Gasteiger partial charge in [0, 0.05) is 16.3 Å². The summed E-state index contributed by atoms with van der Waals surface area (Å²) in [5.41, 5.74) is 5.10. The minimum absolute atomic E-state index is 0.232. The van der Waals surface area contributed by atoms with E-state index in [4.69, 9.17) is 16.1 Å². The molecule has 0 saturated carbocycles. The molecule has 176 valence electrons. The van der Waals surface area contributed by atoms with E-state index in [1.165, 1.54) is 17.0 Å². The van der Waals surface area contributed by atoms with Crippen LogP contribution in [0.15, 0.2) is 77.0 Å². The number of hydrogen-bond donors (Lipinski definition) is 1. The van der Waals surface area contributed by atoms with Crippen molar-refractivity contribution in [2.45, 2.75) is 26.8 Å². The lowest BCUT2D eigenvalue weighted by molar-refractivity contribution is 0.244. The third-order valence-electron chi connectivity index (χ3n) is 6.05. The van der Waals surface area contributed by atoms with Crippen molar-refractivity contribution in [2.75, 3.05) is 4.90 Å². The molecule has 0 spiro atoms. The molecule has 1 N–H and O–H groups in total. The Morgan fingerprint density at radius 1 is 1.03 bits per heavy atom. The number of rotatable bonds is 4. The molecule has 0 aliphatic carbocycles. The fraction of sp³-hybridized carbons (Fsp3) is 0.148. The van der Waals surface area contributed by atoms with Gasteiger partial charge in [-0.1, -0.05) is 64.8 Å². The summed E-state index contributed by atoms with van der Waals surface area (Å²) in [5.74, 6) is 0.239. The highest BCUT2D eigenvalue weighted by Gasteiger charge is 2.36. The molecule has 5 rings (SSSR count). The third kappa shape index (κ3) is 4.31. The summed E-state index contributed by atoms with van der Waals surface area (Å²) in [4.78, 5) is 19.4. The van der Waals surface area contributed by atoms with E-state index in [2.05, 4.69) is 15.5 Å². The van der Waals surface area contributed by atoms with Crippen LogP contribution in [0.4, 0.5) is 14.9 Å². The molecule has 2 amide bonds. The number of aryl methyl sites for hydroxylation is 2. The van der Waals surface area contributed by atoms with Gasteiger partial charge in [0.05, 0.1) is 17.3 Å². The van der Waals surface area contributed by atoms with Gasteiger partial charge in [0.25, 0.3) is 5.89 Å². The zero-order valence-electron chi connectivity index (χ0n) is 19.3. The van der Waals surface area contributed by atoms with Crippen molar-refractivity contribution < 1.29 is 13.7 Å². The second-order valence-corrected chi connectivity index (χ2v) is 8.90. The van der Waals surface area contributed by atoms with Gasteiger partial charge in [-0.2, -0.15) is 4.98 Å². The highest BCUT2D eigenvalue weighted by atomic mass is 35.5. The standard InChI is InChI=1S/C27H22ClFN4O2/c1-15-7-10-18(11-8-15)25-31-26(35-32-25)23-17(3)33(21-12-9-16(2)22(28)14-21)27(34)30-24(23)19-5-4-6-20(29)13-19/h4-14,24H,1-3H3,(H,30,34). The third-order valence-corrected chi connectivity index (χ3v) is 6.45. The molecule has 0 saturated heterocycles. The van der Waals surface area contributed by atoms with Gasteiger partial charge < -0.3 is 9.84 Å². The first-order valence-corrected chi connectivity index (χ1v) is 11.4. The maximum absolute atomic E-state index is 14.1. The molecule has 35 heavy (non-hydrogen) atoms. The number of benzene rings is 3. The molecule has 6 nitrogen and oxygen atoms in total. The average Bonchev–Trinajstić information content (AvgIpc) is 3.31. The van der Waals surface area contributed by atoms with Gasteiger partial charge >= 0.3 is 6.03 Å². The highest BCUT2D eigenvalue weighted by molar-refractivity contribution is 6.31. The van der Waals surface area contributed by atoms with Crippen molar-refractivity contribution in [3.63, 3.8) is 0 Å². The highest BCUT2D eigenvalue weighted by Crippen LogP contribution is 2.39. The lowest BCUT2D eigenvalue weighted by Gasteiger charge is -2.35. The Kier molecular flexibility index (Phi) is 5.86. The van der Waals surface area contributed by atoms with E-state index in [0.717, 1.165) is 16.7 Å². The van der Waals surface area contributed by atoms with E-state index in [1.807, 2.05) is 50.2 Å². The lowest BCUT2D eigenvalue weighted by atomic mass is 9.94. The van der Waals surface area contributed by atoms with Crippen LogP contribution >= 0.6 is 11.6 Å². The summed E-state index contributed by atoms with van der Waals surface area (Å²) in [5, 5.41) is 7.68. The Hall–Kier alpha value is -3.97. The maximum atomic E-state index is 14.1. The van der Waals surface area contributed by atoms with Crippen molar-refractivity contribution in [3.8, 4) is 11.4 Å². The van der Waals surface area contributed by atoms with E-state index >= 15 is 0 Å². The Balaban J connectivity index is 1.66. The first-order valence-electron chi connectivity index (χ1n) is 11.1. The fourth-order valence-corrected chi connectivity index (χ4v) is 4.32. The van der Waals surface area contributed by atoms with Crippen LogP contribution in [0.3, 0.4) is 0 Å². The van der Waals surface area contributed by atoms with E-state index in [1.54, 1.807) is 25.1 Å². The minimum Gasteiger partial charge on any atom is -0.334 e. The van der Waals surface area contributed by atoms with Gasteiger partial charge in [-0.15, -0.1) is 0 Å². The molecule has 0 radical (unpaired) electrons. The molecule has 1 atom stereocenters. The molecule has 1 aliphatic rings. The second kappa shape index (κ2) is 9.00. The van der Waals surface area contributed by atoms with Gasteiger partial charge in [0.1, 0.15) is 5.82 Å². The molecule has 0 bridgehead atoms. The Morgan fingerprint density at radius 2 is 1.80 bits per heavy atom. The molecular weight excluding hydrogens is 467 g/mol. The predicted molar refractivity (Wildman–Crippen MR) is 133 cm³/mol. The first-order chi connectivity index (χ1) is 16.8. The van der Waals surface area contributed by atoms with Gasteiger partial charge in [-0.25, -0.2) is 9.18 Å². The van der Waals surface area contributed by atoms with E-state index in [9.17, 15) is 9.18 Å². The Bertz CT molecular complexity index is 1460. The normalized spacial score (nSPS) is 16.0. The zero-order valence-corrected chi connectivity index (χ0v) is 20.1. The van der Waals surface area contributed by atoms with E-state index < -0.39 is 11.9 Å². The van der Waals surface area contributed by atoms with Gasteiger partial charge in [0.15, 0.2) is 0 Å². The number of nitrogens with zero attached hydrogens (tertiary/aromatic N) is 3. The van der Waals surface area contributed by atoms with E-state index in [0.29, 0.717) is 33.4 Å². The average molecular weight is 489 g/mol. The maximum Gasteiger partial charge on any atom is 0.326 e. The van der Waals surface area contributed by atoms with Crippen molar-refractivity contribution in [1.82, 2.24) is 15.5 Å². The smallest absolute Gasteiger partial charge is 0.326 e. The number of aromatic nitrogens is 2. The first kappa shape index (κ1) is 22.8. The van der Waals surface area contributed by atoms with Crippen LogP contribution in [0.1, 0.15) is 35.5 Å². The van der Waals surface area contributed by atoms with Crippen LogP contribution < -0.4 is 10.2 Å². The van der Waals surface area contributed by atoms with Crippen LogP contribution in [0, 0.1) is 19.7 Å². The van der Waals surface area contributed by atoms with Crippen LogP contribution in [-0.4, -0.2) is 16.2 Å². The topological polar surface area (TPSA) is 71.3 Å². The molecule has 4 aromatic rings. The lowest BCUT2D eigenvalue weighted by Crippen LogP contribution is -2.46. The van der Waals surface area contributed by atoms with Crippen molar-refractivity contribution in [3.05, 3.63) is 106 Å². The van der Waals surface area contributed by atoms with Crippen molar-refractivity contribution in [2.24, 2.45) is 0 Å². The number of allylic oxidation sites excluding steroid dienone is 1. The van der Waals surface area contributed by atoms with Crippen molar-refractivity contribution >= 4 is 28.9 Å². The fourth-order valence-electron chi connectivity index (χ4n) is 4.14. The summed E-state index contributed by atoms with van der Waals surface area (Å²) < 4.78 is 19.8. The largest absolute Gasteiger partial charge is 0.334 e. The molecule has 1 aliphatic heterocycles. The van der Waals surface area contributed by atoms with Crippen LogP contribution in [-0.2, 0) is 0 Å². The summed E-state index contributed by atoms with van der Waals surface area (Å²) >= 11 is 6.35. The number of amides is 2. The number of carbonyl (C=O) groups is 1. The SMILES string of the molecule is CC1=C(c2nc(-c3ccc(C)cc3)no2)C(c2cccc(F)c2)NC(=O)N1c1ccc(C)c(Cl)c1. The molecule has 2 heterocycles. The summed E-state index contributed by atoms with van der Waals surface area (Å²) in [7, 11) is 0. The van der Waals surface area contributed by atoms with Crippen LogP contribution in [0.5, 0.6) is 0 Å². The second-order valence-electron chi connectivity index (χ2n) is 8.49. The predicted octanol–water partition coefficient (Wildman–Crippen LogP) is 6.85. The summed E-state index contributed by atoms with van der Waals surface area (Å²) in [6, 6.07) is 18.2. The number of carbonyl (C=O) groups excluding carboxylic acids is 1. The van der Waals surface area contributed by atoms with Gasteiger partial charge in [-0.05, 0) is 56.2 Å². The molecular formula is C27H22ClFN4O2. The Labute approximate surface area is 207 Å². The molecule has 0 fully saturated rings. The zero-order chi connectivity index (χ0) is 24.7. The van der Waals surface area contributed by atoms with Crippen LogP contribution in [0.2, 0.25) is 5.02 Å². The monoisotopic (exact) mass is 488 g/mol. The number of halogens is 2. The molecule has 3 aromatic carbocycles. The Morgan fingerprint density at radius 3 is 2.51 bits per heavy atom. The number of anilines is 1. The number of hydrogen-bond acceptors (Lipinski definition) is 4. The summed E-state index contributed by atoms with van der Waals surface area (Å²) in [6.45, 7) is 5.69. The molecule has 1 unspecified atom stereocenters. The quantitative estimate of drug-likeness (QED) is 0.341. The van der Waals surface area contributed by atoms with Gasteiger partial charge in [0.2, 0.25) is 5.82 Å². The minimum atomic E-state index is -0.693. The van der Waals surface area contributed by atoms with Gasteiger partial charge in [-0.3, -0.25) is 4.90 Å². The number of urea groups is 1. The van der Waals surface area contributed by atoms with Crippen molar-refractivity contribution in [1.29, 1.82) is 0 Å². The van der Waals surface area contributed by atoms with E-state index in [-0.39, 0.29) is 11.9 Å². The number of nitrogens with one attached hydrogen (secondary N) is 1. The molecule has 8 heteroatoms.